The summed E-state index contributed by atoms with van der Waals surface area (Å²) in [6.45, 7) is 5.38. The van der Waals surface area contributed by atoms with Crippen molar-refractivity contribution in [2.45, 2.75) is 31.6 Å². The molecule has 3 aromatic rings. The number of carbonyl (C=O) groups is 1. The van der Waals surface area contributed by atoms with Crippen molar-refractivity contribution < 1.29 is 13.9 Å². The third-order valence-electron chi connectivity index (χ3n) is 7.55. The zero-order chi connectivity index (χ0) is 23.7. The predicted molar refractivity (Wildman–Crippen MR) is 131 cm³/mol. The quantitative estimate of drug-likeness (QED) is 0.571. The van der Waals surface area contributed by atoms with E-state index in [2.05, 4.69) is 23.1 Å². The van der Waals surface area contributed by atoms with E-state index in [1.54, 1.807) is 12.1 Å². The molecule has 2 heterocycles. The van der Waals surface area contributed by atoms with Crippen molar-refractivity contribution in [2.75, 3.05) is 26.2 Å². The van der Waals surface area contributed by atoms with Gasteiger partial charge in [-0.15, -0.1) is 0 Å². The average molecular weight is 459 g/mol. The van der Waals surface area contributed by atoms with E-state index in [9.17, 15) is 9.18 Å². The van der Waals surface area contributed by atoms with E-state index in [0.717, 1.165) is 67.9 Å². The molecule has 5 heteroatoms. The van der Waals surface area contributed by atoms with Gasteiger partial charge in [0.2, 0.25) is 5.91 Å². The van der Waals surface area contributed by atoms with Crippen LogP contribution in [0, 0.1) is 18.7 Å². The average Bonchev–Trinajstić information content (AvgIpc) is 3.50. The summed E-state index contributed by atoms with van der Waals surface area (Å²) in [7, 11) is 0. The lowest BCUT2D eigenvalue weighted by Crippen LogP contribution is -2.49. The molecule has 0 aromatic heterocycles. The fraction of sp³-hybridized carbons (Fsp3) is 0.345. The molecular weight excluding hydrogens is 427 g/mol. The van der Waals surface area contributed by atoms with Gasteiger partial charge in [0.1, 0.15) is 17.0 Å². The molecule has 0 aliphatic carbocycles. The molecule has 34 heavy (non-hydrogen) atoms. The standard InChI is InChI=1S/C29H31FN2O2/c1-20-2-5-23(6-3-20)29(28(31)33,24-7-9-26(30)10-8-24)25-13-16-32(19-25)15-12-21-4-11-27-22(18-21)14-17-34-27/h2-11,18,25H,12-17,19H2,1H3,(H2,31,33)/t25-,29?/m1/s1. The van der Waals surface area contributed by atoms with Gasteiger partial charge in [0.25, 0.3) is 0 Å². The van der Waals surface area contributed by atoms with Crippen LogP contribution in [0.4, 0.5) is 4.39 Å². The Morgan fingerprint density at radius 2 is 1.79 bits per heavy atom. The molecular formula is C29H31FN2O2. The van der Waals surface area contributed by atoms with Crippen LogP contribution >= 0.6 is 0 Å². The number of nitrogens with zero attached hydrogens (tertiary/aromatic N) is 1. The van der Waals surface area contributed by atoms with Gasteiger partial charge in [-0.05, 0) is 72.7 Å². The first-order valence-electron chi connectivity index (χ1n) is 12.1. The summed E-state index contributed by atoms with van der Waals surface area (Å²) in [5, 5.41) is 0. The summed E-state index contributed by atoms with van der Waals surface area (Å²) < 4.78 is 19.4. The number of carbonyl (C=O) groups excluding carboxylic acids is 1. The van der Waals surface area contributed by atoms with Gasteiger partial charge >= 0.3 is 0 Å². The Labute approximate surface area is 200 Å². The molecule has 2 atom stereocenters. The van der Waals surface area contributed by atoms with Crippen LogP contribution in [-0.4, -0.2) is 37.0 Å². The fourth-order valence-electron chi connectivity index (χ4n) is 5.72. The molecule has 1 saturated heterocycles. The predicted octanol–water partition coefficient (Wildman–Crippen LogP) is 4.41. The van der Waals surface area contributed by atoms with Crippen molar-refractivity contribution >= 4 is 5.91 Å². The Balaban J connectivity index is 1.41. The molecule has 1 amide bonds. The van der Waals surface area contributed by atoms with Crippen LogP contribution in [-0.2, 0) is 23.1 Å². The second-order valence-corrected chi connectivity index (χ2v) is 9.62. The van der Waals surface area contributed by atoms with Gasteiger partial charge in [-0.3, -0.25) is 4.79 Å². The second kappa shape index (κ2) is 9.22. The lowest BCUT2D eigenvalue weighted by atomic mass is 9.64. The first-order chi connectivity index (χ1) is 16.5. The smallest absolute Gasteiger partial charge is 0.232 e. The van der Waals surface area contributed by atoms with E-state index in [-0.39, 0.29) is 17.6 Å². The van der Waals surface area contributed by atoms with Crippen molar-refractivity contribution in [3.63, 3.8) is 0 Å². The number of fused-ring (bicyclic) bond motifs is 1. The van der Waals surface area contributed by atoms with Crippen molar-refractivity contribution in [3.05, 3.63) is 100 Å². The lowest BCUT2D eigenvalue weighted by Gasteiger charge is -2.37. The van der Waals surface area contributed by atoms with Crippen LogP contribution in [0.2, 0.25) is 0 Å². The SMILES string of the molecule is Cc1ccc(C(C(N)=O)(c2ccc(F)cc2)[C@@H]2CCN(CCc3ccc4c(c3)CCO4)C2)cc1. The van der Waals surface area contributed by atoms with Crippen molar-refractivity contribution in [1.29, 1.82) is 0 Å². The molecule has 0 radical (unpaired) electrons. The molecule has 0 spiro atoms. The minimum Gasteiger partial charge on any atom is -0.493 e. The number of rotatable bonds is 7. The zero-order valence-corrected chi connectivity index (χ0v) is 19.6. The maximum atomic E-state index is 13.8. The van der Waals surface area contributed by atoms with Crippen molar-refractivity contribution in [3.8, 4) is 5.75 Å². The highest BCUT2D eigenvalue weighted by Gasteiger charge is 2.49. The minimum atomic E-state index is -0.999. The third-order valence-corrected chi connectivity index (χ3v) is 7.55. The Morgan fingerprint density at radius 1 is 1.09 bits per heavy atom. The molecule has 3 aromatic carbocycles. The van der Waals surface area contributed by atoms with Crippen LogP contribution in [0.3, 0.4) is 0 Å². The second-order valence-electron chi connectivity index (χ2n) is 9.62. The molecule has 2 aliphatic heterocycles. The van der Waals surface area contributed by atoms with Gasteiger partial charge in [0.05, 0.1) is 6.61 Å². The topological polar surface area (TPSA) is 55.6 Å². The van der Waals surface area contributed by atoms with E-state index in [1.807, 2.05) is 31.2 Å². The van der Waals surface area contributed by atoms with E-state index in [1.165, 1.54) is 23.3 Å². The molecule has 5 rings (SSSR count). The van der Waals surface area contributed by atoms with Crippen LogP contribution in [0.25, 0.3) is 0 Å². The number of hydrogen-bond acceptors (Lipinski definition) is 3. The van der Waals surface area contributed by atoms with E-state index >= 15 is 0 Å². The molecule has 1 fully saturated rings. The number of benzene rings is 3. The first kappa shape index (κ1) is 22.6. The van der Waals surface area contributed by atoms with Crippen LogP contribution in [0.5, 0.6) is 5.75 Å². The number of hydrogen-bond donors (Lipinski definition) is 1. The van der Waals surface area contributed by atoms with Gasteiger partial charge in [-0.1, -0.05) is 54.1 Å². The maximum absolute atomic E-state index is 13.8. The number of nitrogens with two attached hydrogens (primary N) is 1. The molecule has 176 valence electrons. The molecule has 2 aliphatic rings. The number of halogens is 1. The third kappa shape index (κ3) is 4.09. The number of ether oxygens (including phenoxy) is 1. The highest BCUT2D eigenvalue weighted by Crippen LogP contribution is 2.44. The monoisotopic (exact) mass is 458 g/mol. The first-order valence-corrected chi connectivity index (χ1v) is 12.1. The van der Waals surface area contributed by atoms with Gasteiger partial charge in [0.15, 0.2) is 0 Å². The lowest BCUT2D eigenvalue weighted by molar-refractivity contribution is -0.123. The summed E-state index contributed by atoms with van der Waals surface area (Å²) in [5.41, 5.74) is 10.6. The minimum absolute atomic E-state index is 0.00610. The molecule has 0 bridgehead atoms. The summed E-state index contributed by atoms with van der Waals surface area (Å²) in [6.07, 6.45) is 2.78. The number of primary amides is 1. The summed E-state index contributed by atoms with van der Waals surface area (Å²) in [4.78, 5) is 15.7. The summed E-state index contributed by atoms with van der Waals surface area (Å²) in [6, 6.07) is 20.8. The largest absolute Gasteiger partial charge is 0.493 e. The van der Waals surface area contributed by atoms with Crippen molar-refractivity contribution in [2.24, 2.45) is 11.7 Å². The number of likely N-dealkylation sites (tertiary alicyclic amines) is 1. The molecule has 4 nitrogen and oxygen atoms in total. The Morgan fingerprint density at radius 3 is 2.50 bits per heavy atom. The van der Waals surface area contributed by atoms with E-state index in [4.69, 9.17) is 10.5 Å². The van der Waals surface area contributed by atoms with Crippen LogP contribution in [0.15, 0.2) is 66.7 Å². The maximum Gasteiger partial charge on any atom is 0.232 e. The number of aryl methyl sites for hydroxylation is 1. The fourth-order valence-corrected chi connectivity index (χ4v) is 5.72. The Bertz CT molecular complexity index is 1130. The van der Waals surface area contributed by atoms with Gasteiger partial charge in [0, 0.05) is 19.5 Å². The van der Waals surface area contributed by atoms with Gasteiger partial charge in [-0.2, -0.15) is 0 Å². The van der Waals surface area contributed by atoms with E-state index in [0.29, 0.717) is 0 Å². The van der Waals surface area contributed by atoms with E-state index < -0.39 is 5.41 Å². The van der Waals surface area contributed by atoms with Crippen LogP contribution < -0.4 is 10.5 Å². The highest BCUT2D eigenvalue weighted by atomic mass is 19.1. The summed E-state index contributed by atoms with van der Waals surface area (Å²) in [5.74, 6) is 0.312. The normalized spacial score (nSPS) is 19.4. The number of amides is 1. The zero-order valence-electron chi connectivity index (χ0n) is 19.6. The Kier molecular flexibility index (Phi) is 6.13. The highest BCUT2D eigenvalue weighted by molar-refractivity contribution is 5.91. The molecule has 1 unspecified atom stereocenters. The van der Waals surface area contributed by atoms with Gasteiger partial charge < -0.3 is 15.4 Å². The molecule has 0 saturated carbocycles. The Hall–Kier alpha value is -3.18. The summed E-state index contributed by atoms with van der Waals surface area (Å²) >= 11 is 0. The molecule has 2 N–H and O–H groups in total. The van der Waals surface area contributed by atoms with Crippen LogP contribution in [0.1, 0.15) is 34.2 Å². The van der Waals surface area contributed by atoms with Gasteiger partial charge in [-0.25, -0.2) is 4.39 Å². The van der Waals surface area contributed by atoms with Crippen molar-refractivity contribution in [1.82, 2.24) is 4.90 Å².